The van der Waals surface area contributed by atoms with Gasteiger partial charge in [0.1, 0.15) is 11.3 Å². The summed E-state index contributed by atoms with van der Waals surface area (Å²) >= 11 is 1.84. The standard InChI is InChI=1S/C29H25NOS/c1-16-17(2)31-24-11-10-21-22-12-13-30-26(28(22)32-27(21)25(16)24)19-14-18-8-6-7-9-20(18)23(15-19)29(3,4)5/h6-15H,1-5H3. The van der Waals surface area contributed by atoms with Crippen LogP contribution in [0.1, 0.15) is 37.7 Å². The number of thiophene rings is 1. The summed E-state index contributed by atoms with van der Waals surface area (Å²) in [7, 11) is 0. The minimum Gasteiger partial charge on any atom is -0.461 e. The SMILES string of the molecule is Cc1oc2ccc3c4ccnc(-c5cc(C(C)(C)C)c6ccccc6c5)c4sc3c2c1C. The molecule has 0 aliphatic rings. The van der Waals surface area contributed by atoms with Gasteiger partial charge in [0.2, 0.25) is 0 Å². The van der Waals surface area contributed by atoms with E-state index in [1.807, 2.05) is 24.5 Å². The van der Waals surface area contributed by atoms with Gasteiger partial charge >= 0.3 is 0 Å². The highest BCUT2D eigenvalue weighted by Crippen LogP contribution is 2.44. The lowest BCUT2D eigenvalue weighted by molar-refractivity contribution is 0.575. The topological polar surface area (TPSA) is 26.0 Å². The second-order valence-corrected chi connectivity index (χ2v) is 10.8. The van der Waals surface area contributed by atoms with E-state index >= 15 is 0 Å². The van der Waals surface area contributed by atoms with Crippen LogP contribution < -0.4 is 0 Å². The van der Waals surface area contributed by atoms with E-state index in [4.69, 9.17) is 9.40 Å². The van der Waals surface area contributed by atoms with Crippen molar-refractivity contribution in [1.82, 2.24) is 4.98 Å². The van der Waals surface area contributed by atoms with Gasteiger partial charge in [0.25, 0.3) is 0 Å². The molecule has 158 valence electrons. The summed E-state index contributed by atoms with van der Waals surface area (Å²) in [6, 6.07) is 19.8. The Labute approximate surface area is 191 Å². The number of pyridine rings is 1. The highest BCUT2D eigenvalue weighted by atomic mass is 32.1. The molecule has 32 heavy (non-hydrogen) atoms. The van der Waals surface area contributed by atoms with Crippen molar-refractivity contribution in [2.75, 3.05) is 0 Å². The van der Waals surface area contributed by atoms with Gasteiger partial charge in [-0.15, -0.1) is 11.3 Å². The van der Waals surface area contributed by atoms with Crippen molar-refractivity contribution in [1.29, 1.82) is 0 Å². The third kappa shape index (κ3) is 2.74. The summed E-state index contributed by atoms with van der Waals surface area (Å²) in [5.41, 5.74) is 5.84. The van der Waals surface area contributed by atoms with Crippen LogP contribution in [-0.2, 0) is 5.41 Å². The number of aryl methyl sites for hydroxylation is 2. The fraction of sp³-hybridized carbons (Fsp3) is 0.207. The van der Waals surface area contributed by atoms with Gasteiger partial charge in [-0.25, -0.2) is 0 Å². The van der Waals surface area contributed by atoms with Crippen LogP contribution in [0.15, 0.2) is 65.2 Å². The second kappa shape index (κ2) is 6.66. The van der Waals surface area contributed by atoms with Gasteiger partial charge in [-0.1, -0.05) is 45.0 Å². The van der Waals surface area contributed by atoms with E-state index < -0.39 is 0 Å². The second-order valence-electron chi connectivity index (χ2n) is 9.73. The molecule has 2 nitrogen and oxygen atoms in total. The average Bonchev–Trinajstić information content (AvgIpc) is 3.29. The Balaban J connectivity index is 1.71. The van der Waals surface area contributed by atoms with E-state index in [-0.39, 0.29) is 5.41 Å². The highest BCUT2D eigenvalue weighted by Gasteiger charge is 2.21. The minimum absolute atomic E-state index is 0.0429. The Morgan fingerprint density at radius 2 is 1.62 bits per heavy atom. The van der Waals surface area contributed by atoms with Gasteiger partial charge in [-0.3, -0.25) is 4.98 Å². The van der Waals surface area contributed by atoms with E-state index in [0.29, 0.717) is 0 Å². The number of hydrogen-bond acceptors (Lipinski definition) is 3. The maximum absolute atomic E-state index is 6.01. The monoisotopic (exact) mass is 435 g/mol. The lowest BCUT2D eigenvalue weighted by Gasteiger charge is -2.22. The molecular formula is C29H25NOS. The van der Waals surface area contributed by atoms with Crippen LogP contribution in [0, 0.1) is 13.8 Å². The van der Waals surface area contributed by atoms with E-state index in [1.54, 1.807) is 0 Å². The zero-order valence-electron chi connectivity index (χ0n) is 19.0. The minimum atomic E-state index is 0.0429. The molecule has 0 aliphatic heterocycles. The third-order valence-corrected chi connectivity index (χ3v) is 7.87. The van der Waals surface area contributed by atoms with Crippen LogP contribution >= 0.6 is 11.3 Å². The number of nitrogens with zero attached hydrogens (tertiary/aromatic N) is 1. The van der Waals surface area contributed by atoms with Crippen molar-refractivity contribution in [3.8, 4) is 11.3 Å². The molecule has 0 radical (unpaired) electrons. The number of furan rings is 1. The summed E-state index contributed by atoms with van der Waals surface area (Å²) in [6.07, 6.45) is 1.95. The first-order chi connectivity index (χ1) is 15.3. The van der Waals surface area contributed by atoms with E-state index in [2.05, 4.69) is 82.3 Å². The first-order valence-corrected chi connectivity index (χ1v) is 11.9. The van der Waals surface area contributed by atoms with Gasteiger partial charge < -0.3 is 4.42 Å². The molecule has 3 aromatic carbocycles. The summed E-state index contributed by atoms with van der Waals surface area (Å²) in [6.45, 7) is 11.1. The van der Waals surface area contributed by atoms with Crippen molar-refractivity contribution in [3.05, 3.63) is 77.7 Å². The predicted molar refractivity (Wildman–Crippen MR) is 138 cm³/mol. The summed E-state index contributed by atoms with van der Waals surface area (Å²) in [4.78, 5) is 4.90. The molecule has 0 atom stereocenters. The molecule has 0 aliphatic carbocycles. The average molecular weight is 436 g/mol. The summed E-state index contributed by atoms with van der Waals surface area (Å²) < 4.78 is 8.54. The first kappa shape index (κ1) is 19.5. The van der Waals surface area contributed by atoms with E-state index in [9.17, 15) is 0 Å². The molecule has 0 fully saturated rings. The highest BCUT2D eigenvalue weighted by molar-refractivity contribution is 7.27. The molecule has 0 spiro atoms. The number of aromatic nitrogens is 1. The molecule has 0 amide bonds. The first-order valence-electron chi connectivity index (χ1n) is 11.1. The molecule has 0 saturated carbocycles. The summed E-state index contributed by atoms with van der Waals surface area (Å²) in [5, 5.41) is 6.36. The maximum atomic E-state index is 6.01. The lowest BCUT2D eigenvalue weighted by Crippen LogP contribution is -2.12. The van der Waals surface area contributed by atoms with Crippen LogP contribution in [-0.4, -0.2) is 4.98 Å². The van der Waals surface area contributed by atoms with Crippen molar-refractivity contribution >= 4 is 53.3 Å². The molecule has 3 heteroatoms. The quantitative estimate of drug-likeness (QED) is 0.258. The van der Waals surface area contributed by atoms with Crippen LogP contribution in [0.25, 0.3) is 53.2 Å². The van der Waals surface area contributed by atoms with E-state index in [0.717, 1.165) is 17.0 Å². The maximum Gasteiger partial charge on any atom is 0.136 e. The summed E-state index contributed by atoms with van der Waals surface area (Å²) in [5.74, 6) is 0.993. The molecule has 0 N–H and O–H groups in total. The van der Waals surface area contributed by atoms with Crippen molar-refractivity contribution < 1.29 is 4.42 Å². The van der Waals surface area contributed by atoms with Gasteiger partial charge in [-0.05, 0) is 71.5 Å². The number of rotatable bonds is 1. The van der Waals surface area contributed by atoms with E-state index in [1.165, 1.54) is 53.0 Å². The van der Waals surface area contributed by atoms with Crippen LogP contribution in [0.3, 0.4) is 0 Å². The van der Waals surface area contributed by atoms with Crippen LogP contribution in [0.5, 0.6) is 0 Å². The molecule has 6 rings (SSSR count). The Morgan fingerprint density at radius 3 is 2.44 bits per heavy atom. The number of fused-ring (bicyclic) bond motifs is 6. The van der Waals surface area contributed by atoms with Crippen molar-refractivity contribution in [2.24, 2.45) is 0 Å². The van der Waals surface area contributed by atoms with Crippen LogP contribution in [0.2, 0.25) is 0 Å². The zero-order chi connectivity index (χ0) is 22.2. The predicted octanol–water partition coefficient (Wildman–Crippen LogP) is 8.93. The van der Waals surface area contributed by atoms with Gasteiger partial charge in [-0.2, -0.15) is 0 Å². The third-order valence-electron chi connectivity index (χ3n) is 6.63. The molecule has 3 heterocycles. The van der Waals surface area contributed by atoms with Crippen LogP contribution in [0.4, 0.5) is 0 Å². The smallest absolute Gasteiger partial charge is 0.136 e. The zero-order valence-corrected chi connectivity index (χ0v) is 19.9. The normalized spacial score (nSPS) is 12.5. The van der Waals surface area contributed by atoms with Gasteiger partial charge in [0.15, 0.2) is 0 Å². The number of benzene rings is 3. The Morgan fingerprint density at radius 1 is 0.844 bits per heavy atom. The fourth-order valence-corrected chi connectivity index (χ4v) is 6.28. The molecule has 0 unspecified atom stereocenters. The Bertz CT molecular complexity index is 1680. The molecule has 0 bridgehead atoms. The van der Waals surface area contributed by atoms with Crippen molar-refractivity contribution in [3.63, 3.8) is 0 Å². The molecule has 3 aromatic heterocycles. The fourth-order valence-electron chi connectivity index (χ4n) is 4.88. The molecule has 0 saturated heterocycles. The molecule has 6 aromatic rings. The largest absolute Gasteiger partial charge is 0.461 e. The van der Waals surface area contributed by atoms with Gasteiger partial charge in [0, 0.05) is 32.6 Å². The Kier molecular flexibility index (Phi) is 4.06. The van der Waals surface area contributed by atoms with Crippen molar-refractivity contribution in [2.45, 2.75) is 40.0 Å². The molecular weight excluding hydrogens is 410 g/mol. The lowest BCUT2D eigenvalue weighted by atomic mass is 9.82. The Hall–Kier alpha value is -3.17. The van der Waals surface area contributed by atoms with Gasteiger partial charge in [0.05, 0.1) is 10.4 Å². The number of hydrogen-bond donors (Lipinski definition) is 0.